The molecule has 15 heavy (non-hydrogen) atoms. The highest BCUT2D eigenvalue weighted by atomic mass is 16.5. The van der Waals surface area contributed by atoms with Gasteiger partial charge < -0.3 is 4.74 Å². The number of ketones is 1. The highest BCUT2D eigenvalue weighted by Gasteiger charge is 2.37. The molecule has 0 aromatic rings. The van der Waals surface area contributed by atoms with E-state index in [1.807, 2.05) is 18.7 Å². The fourth-order valence-electron chi connectivity index (χ4n) is 1.75. The number of likely N-dealkylation sites (tertiary alicyclic amines) is 1. The summed E-state index contributed by atoms with van der Waals surface area (Å²) in [6.07, 6.45) is 1.09. The number of Topliss-reactive ketones (excluding diaryl/α,β-unsaturated/α-hetero) is 1. The predicted molar refractivity (Wildman–Crippen MR) is 56.5 cm³/mol. The van der Waals surface area contributed by atoms with Crippen LogP contribution in [0.25, 0.3) is 0 Å². The molecule has 0 aromatic carbocycles. The smallest absolute Gasteiger partial charge is 0.325 e. The van der Waals surface area contributed by atoms with Gasteiger partial charge in [-0.25, -0.2) is 0 Å². The molecule has 0 aromatic heterocycles. The van der Waals surface area contributed by atoms with Crippen LogP contribution in [0.15, 0.2) is 0 Å². The molecule has 0 unspecified atom stereocenters. The first kappa shape index (κ1) is 12.2. The molecule has 0 radical (unpaired) electrons. The van der Waals surface area contributed by atoms with Crippen LogP contribution in [0.1, 0.15) is 33.6 Å². The number of ether oxygens (including phenoxy) is 1. The first-order valence-electron chi connectivity index (χ1n) is 5.42. The summed E-state index contributed by atoms with van der Waals surface area (Å²) in [6.45, 7) is 7.21. The Morgan fingerprint density at radius 2 is 1.93 bits per heavy atom. The first-order chi connectivity index (χ1) is 6.98. The Morgan fingerprint density at radius 1 is 1.40 bits per heavy atom. The minimum absolute atomic E-state index is 0.209. The molecule has 0 atom stereocenters. The van der Waals surface area contributed by atoms with Crippen LogP contribution in [0.2, 0.25) is 0 Å². The highest BCUT2D eigenvalue weighted by Crippen LogP contribution is 2.20. The van der Waals surface area contributed by atoms with E-state index in [0.29, 0.717) is 32.5 Å². The van der Waals surface area contributed by atoms with E-state index in [2.05, 4.69) is 0 Å². The van der Waals surface area contributed by atoms with Crippen LogP contribution in [0.4, 0.5) is 0 Å². The van der Waals surface area contributed by atoms with Crippen LogP contribution in [0.3, 0.4) is 0 Å². The largest absolute Gasteiger partial charge is 0.465 e. The molecule has 1 heterocycles. The Bertz CT molecular complexity index is 251. The lowest BCUT2D eigenvalue weighted by Crippen LogP contribution is -2.53. The molecule has 1 aliphatic heterocycles. The number of nitrogens with zero attached hydrogens (tertiary/aromatic N) is 1. The normalized spacial score (nSPS) is 19.0. The molecule has 1 aliphatic rings. The molecular weight excluding hydrogens is 194 g/mol. The van der Waals surface area contributed by atoms with Crippen molar-refractivity contribution >= 4 is 11.8 Å². The van der Waals surface area contributed by atoms with Crippen LogP contribution in [0, 0.1) is 0 Å². The summed E-state index contributed by atoms with van der Waals surface area (Å²) < 4.78 is 5.02. The monoisotopic (exact) mass is 213 g/mol. The van der Waals surface area contributed by atoms with E-state index in [4.69, 9.17) is 4.74 Å². The van der Waals surface area contributed by atoms with Gasteiger partial charge in [0.1, 0.15) is 11.3 Å². The van der Waals surface area contributed by atoms with Crippen molar-refractivity contribution in [1.29, 1.82) is 0 Å². The Kier molecular flexibility index (Phi) is 3.85. The van der Waals surface area contributed by atoms with Crippen molar-refractivity contribution in [3.8, 4) is 0 Å². The molecule has 4 nitrogen and oxygen atoms in total. The van der Waals surface area contributed by atoms with E-state index in [1.54, 1.807) is 6.92 Å². The van der Waals surface area contributed by atoms with E-state index in [-0.39, 0.29) is 11.8 Å². The number of piperidine rings is 1. The van der Waals surface area contributed by atoms with E-state index in [1.165, 1.54) is 0 Å². The van der Waals surface area contributed by atoms with Crippen molar-refractivity contribution in [1.82, 2.24) is 4.90 Å². The Hall–Kier alpha value is -0.900. The molecule has 0 saturated carbocycles. The third-order valence-corrected chi connectivity index (χ3v) is 2.89. The second kappa shape index (κ2) is 4.75. The number of carbonyl (C=O) groups excluding carboxylic acids is 2. The molecule has 1 rings (SSSR count). The topological polar surface area (TPSA) is 46.6 Å². The second-order valence-electron chi connectivity index (χ2n) is 4.31. The predicted octanol–water partition coefficient (Wildman–Crippen LogP) is 0.993. The van der Waals surface area contributed by atoms with Gasteiger partial charge >= 0.3 is 5.97 Å². The van der Waals surface area contributed by atoms with Gasteiger partial charge in [0.2, 0.25) is 0 Å². The van der Waals surface area contributed by atoms with Crippen molar-refractivity contribution in [2.45, 2.75) is 39.2 Å². The van der Waals surface area contributed by atoms with Gasteiger partial charge in [0, 0.05) is 25.9 Å². The van der Waals surface area contributed by atoms with Crippen LogP contribution in [-0.2, 0) is 14.3 Å². The Balaban J connectivity index is 2.60. The average molecular weight is 213 g/mol. The first-order valence-corrected chi connectivity index (χ1v) is 5.42. The van der Waals surface area contributed by atoms with Gasteiger partial charge in [-0.05, 0) is 20.8 Å². The van der Waals surface area contributed by atoms with Crippen molar-refractivity contribution < 1.29 is 14.3 Å². The van der Waals surface area contributed by atoms with E-state index in [0.717, 1.165) is 0 Å². The van der Waals surface area contributed by atoms with Gasteiger partial charge in [-0.1, -0.05) is 0 Å². The van der Waals surface area contributed by atoms with Gasteiger partial charge in [0.15, 0.2) is 0 Å². The van der Waals surface area contributed by atoms with Crippen LogP contribution in [0.5, 0.6) is 0 Å². The van der Waals surface area contributed by atoms with Gasteiger partial charge in [-0.3, -0.25) is 14.5 Å². The Morgan fingerprint density at radius 3 is 2.40 bits per heavy atom. The third kappa shape index (κ3) is 2.78. The molecule has 4 heteroatoms. The van der Waals surface area contributed by atoms with E-state index >= 15 is 0 Å². The van der Waals surface area contributed by atoms with Gasteiger partial charge in [0.05, 0.1) is 6.61 Å². The van der Waals surface area contributed by atoms with Crippen LogP contribution >= 0.6 is 0 Å². The maximum absolute atomic E-state index is 11.7. The molecule has 1 saturated heterocycles. The zero-order valence-corrected chi connectivity index (χ0v) is 9.71. The minimum Gasteiger partial charge on any atom is -0.465 e. The lowest BCUT2D eigenvalue weighted by molar-refractivity contribution is -0.157. The maximum atomic E-state index is 11.7. The van der Waals surface area contributed by atoms with Gasteiger partial charge in [0.25, 0.3) is 0 Å². The Labute approximate surface area is 90.6 Å². The summed E-state index contributed by atoms with van der Waals surface area (Å²) in [5.74, 6) is 0.0743. The summed E-state index contributed by atoms with van der Waals surface area (Å²) in [5.41, 5.74) is -0.614. The summed E-state index contributed by atoms with van der Waals surface area (Å²) in [6, 6.07) is 0. The number of carbonyl (C=O) groups is 2. The lowest BCUT2D eigenvalue weighted by Gasteiger charge is -2.38. The molecular formula is C11H19NO3. The number of rotatable bonds is 3. The third-order valence-electron chi connectivity index (χ3n) is 2.89. The van der Waals surface area contributed by atoms with E-state index in [9.17, 15) is 9.59 Å². The zero-order chi connectivity index (χ0) is 11.5. The second-order valence-corrected chi connectivity index (χ2v) is 4.31. The summed E-state index contributed by atoms with van der Waals surface area (Å²) in [7, 11) is 0. The van der Waals surface area contributed by atoms with Crippen molar-refractivity contribution in [2.75, 3.05) is 19.7 Å². The average Bonchev–Trinajstić information content (AvgIpc) is 2.18. The highest BCUT2D eigenvalue weighted by molar-refractivity contribution is 5.82. The minimum atomic E-state index is -0.614. The zero-order valence-electron chi connectivity index (χ0n) is 9.71. The fraction of sp³-hybridized carbons (Fsp3) is 0.818. The molecule has 0 spiro atoms. The molecule has 86 valence electrons. The summed E-state index contributed by atoms with van der Waals surface area (Å²) >= 11 is 0. The number of hydrogen-bond acceptors (Lipinski definition) is 4. The molecule has 0 N–H and O–H groups in total. The summed E-state index contributed by atoms with van der Waals surface area (Å²) in [4.78, 5) is 24.8. The quantitative estimate of drug-likeness (QED) is 0.656. The van der Waals surface area contributed by atoms with Crippen LogP contribution < -0.4 is 0 Å². The van der Waals surface area contributed by atoms with Crippen molar-refractivity contribution in [3.63, 3.8) is 0 Å². The van der Waals surface area contributed by atoms with E-state index < -0.39 is 5.54 Å². The van der Waals surface area contributed by atoms with Gasteiger partial charge in [-0.15, -0.1) is 0 Å². The van der Waals surface area contributed by atoms with Crippen molar-refractivity contribution in [2.24, 2.45) is 0 Å². The SMILES string of the molecule is CCOC(=O)C(C)(C)N1CCC(=O)CC1. The number of hydrogen-bond donors (Lipinski definition) is 0. The standard InChI is InChI=1S/C11H19NO3/c1-4-15-10(14)11(2,3)12-7-5-9(13)6-8-12/h4-8H2,1-3H3. The van der Waals surface area contributed by atoms with Crippen LogP contribution in [-0.4, -0.2) is 41.9 Å². The number of esters is 1. The maximum Gasteiger partial charge on any atom is 0.325 e. The lowest BCUT2D eigenvalue weighted by atomic mass is 9.98. The summed E-state index contributed by atoms with van der Waals surface area (Å²) in [5, 5.41) is 0. The molecule has 1 fully saturated rings. The molecule has 0 aliphatic carbocycles. The molecule has 0 amide bonds. The fourth-order valence-corrected chi connectivity index (χ4v) is 1.75. The molecule has 0 bridgehead atoms. The van der Waals surface area contributed by atoms with Gasteiger partial charge in [-0.2, -0.15) is 0 Å². The van der Waals surface area contributed by atoms with Crippen molar-refractivity contribution in [3.05, 3.63) is 0 Å².